The Kier molecular flexibility index (Phi) is 6.74. The molecule has 0 aromatic heterocycles. The number of aromatic hydroxyl groups is 1. The molecule has 4 aliphatic rings. The van der Waals surface area contributed by atoms with Crippen molar-refractivity contribution in [2.45, 2.75) is 56.1 Å². The number of hydrogen-bond donors (Lipinski definition) is 5. The fourth-order valence-corrected chi connectivity index (χ4v) is 7.07. The lowest BCUT2D eigenvalue weighted by Gasteiger charge is -2.50. The first-order valence-corrected chi connectivity index (χ1v) is 13.0. The first kappa shape index (κ1) is 29.0. The van der Waals surface area contributed by atoms with Crippen molar-refractivity contribution in [1.29, 1.82) is 0 Å². The molecular formula is C27H29F4N3O7. The molecule has 5 atom stereocenters. The summed E-state index contributed by atoms with van der Waals surface area (Å²) in [5.74, 6) is -9.64. The highest BCUT2D eigenvalue weighted by atomic mass is 19.4. The van der Waals surface area contributed by atoms with Crippen LogP contribution in [0.1, 0.15) is 36.0 Å². The zero-order chi connectivity index (χ0) is 30.3. The summed E-state index contributed by atoms with van der Waals surface area (Å²) < 4.78 is 56.3. The molecule has 1 aliphatic heterocycles. The van der Waals surface area contributed by atoms with Crippen LogP contribution in [0.2, 0.25) is 0 Å². The molecule has 1 aromatic rings. The van der Waals surface area contributed by atoms with Gasteiger partial charge in [-0.2, -0.15) is 13.2 Å². The topological polar surface area (TPSA) is 165 Å². The predicted octanol–water partition coefficient (Wildman–Crippen LogP) is 1.63. The molecule has 1 heterocycles. The zero-order valence-electron chi connectivity index (χ0n) is 22.1. The summed E-state index contributed by atoms with van der Waals surface area (Å²) in [6.45, 7) is -0.385. The molecule has 0 unspecified atom stereocenters. The number of nitrogens with two attached hydrogens (primary N) is 1. The molecule has 1 saturated heterocycles. The van der Waals surface area contributed by atoms with Crippen LogP contribution in [0.4, 0.5) is 17.6 Å². The molecule has 5 rings (SSSR count). The number of primary amides is 1. The number of ketones is 2. The Hall–Kier alpha value is -3.49. The van der Waals surface area contributed by atoms with E-state index in [1.165, 1.54) is 19.0 Å². The highest BCUT2D eigenvalue weighted by Gasteiger charge is 2.64. The summed E-state index contributed by atoms with van der Waals surface area (Å²) in [5, 5.41) is 44.3. The lowest BCUT2D eigenvalue weighted by Crippen LogP contribution is -2.65. The fourth-order valence-electron chi connectivity index (χ4n) is 7.07. The van der Waals surface area contributed by atoms with Crippen LogP contribution in [0.15, 0.2) is 23.0 Å². The van der Waals surface area contributed by atoms with Crippen molar-refractivity contribution >= 4 is 23.2 Å². The molecule has 0 radical (unpaired) electrons. The second-order valence-corrected chi connectivity index (χ2v) is 11.4. The number of fused-ring (bicyclic) bond motifs is 3. The van der Waals surface area contributed by atoms with Gasteiger partial charge in [0.05, 0.1) is 11.6 Å². The van der Waals surface area contributed by atoms with Gasteiger partial charge in [-0.05, 0) is 58.3 Å². The number of rotatable bonds is 4. The molecule has 0 bridgehead atoms. The number of nitrogens with zero attached hydrogens (tertiary/aromatic N) is 2. The molecule has 222 valence electrons. The number of halogens is 4. The van der Waals surface area contributed by atoms with E-state index in [0.29, 0.717) is 0 Å². The molecular weight excluding hydrogens is 554 g/mol. The van der Waals surface area contributed by atoms with Crippen LogP contribution in [0.25, 0.3) is 5.76 Å². The van der Waals surface area contributed by atoms with E-state index in [1.807, 2.05) is 0 Å². The number of likely N-dealkylation sites (N-methyl/N-ethyl adjacent to an activating group) is 1. The van der Waals surface area contributed by atoms with E-state index in [2.05, 4.69) is 0 Å². The second-order valence-electron chi connectivity index (χ2n) is 11.4. The van der Waals surface area contributed by atoms with Crippen LogP contribution in [0, 0.1) is 17.7 Å². The number of carbonyl (C=O) groups is 3. The maximum absolute atomic E-state index is 15.9. The Morgan fingerprint density at radius 2 is 1.88 bits per heavy atom. The van der Waals surface area contributed by atoms with Crippen LogP contribution in [-0.2, 0) is 27.3 Å². The third-order valence-electron chi connectivity index (χ3n) is 8.84. The molecule has 2 fully saturated rings. The van der Waals surface area contributed by atoms with Crippen LogP contribution >= 0.6 is 0 Å². The van der Waals surface area contributed by atoms with Crippen LogP contribution in [0.3, 0.4) is 0 Å². The number of carbonyl (C=O) groups excluding carboxylic acids is 3. The van der Waals surface area contributed by atoms with Crippen molar-refractivity contribution in [3.05, 3.63) is 45.5 Å². The van der Waals surface area contributed by atoms with Crippen molar-refractivity contribution in [3.63, 3.8) is 0 Å². The summed E-state index contributed by atoms with van der Waals surface area (Å²) in [6.07, 6.45) is -4.95. The van der Waals surface area contributed by atoms with Crippen molar-refractivity contribution in [1.82, 2.24) is 9.80 Å². The highest BCUT2D eigenvalue weighted by Crippen LogP contribution is 2.53. The van der Waals surface area contributed by atoms with Gasteiger partial charge in [-0.25, -0.2) is 4.39 Å². The van der Waals surface area contributed by atoms with Crippen molar-refractivity contribution in [2.75, 3.05) is 20.6 Å². The molecule has 41 heavy (non-hydrogen) atoms. The third-order valence-corrected chi connectivity index (χ3v) is 8.84. The molecule has 10 nitrogen and oxygen atoms in total. The molecule has 0 spiro atoms. The molecule has 1 amide bonds. The summed E-state index contributed by atoms with van der Waals surface area (Å²) in [5.41, 5.74) is 0.131. The Labute approximate surface area is 231 Å². The van der Waals surface area contributed by atoms with Crippen LogP contribution in [-0.4, -0.2) is 92.2 Å². The number of phenols is 1. The first-order valence-electron chi connectivity index (χ1n) is 13.0. The van der Waals surface area contributed by atoms with Crippen molar-refractivity contribution < 1.29 is 52.4 Å². The van der Waals surface area contributed by atoms with E-state index in [4.69, 9.17) is 5.73 Å². The minimum absolute atomic E-state index is 0.0679. The number of alkyl halides is 3. The minimum atomic E-state index is -4.52. The van der Waals surface area contributed by atoms with Crippen molar-refractivity contribution in [3.8, 4) is 5.75 Å². The number of benzene rings is 1. The number of amides is 1. The van der Waals surface area contributed by atoms with Gasteiger partial charge in [0.2, 0.25) is 5.78 Å². The van der Waals surface area contributed by atoms with Gasteiger partial charge < -0.3 is 26.2 Å². The number of Topliss-reactive ketones (excluding diaryl/α,β-unsaturated/α-hetero) is 2. The Bertz CT molecular complexity index is 1440. The van der Waals surface area contributed by atoms with Gasteiger partial charge in [0.25, 0.3) is 5.91 Å². The monoisotopic (exact) mass is 583 g/mol. The van der Waals surface area contributed by atoms with Gasteiger partial charge in [0.15, 0.2) is 11.4 Å². The largest absolute Gasteiger partial charge is 0.508 e. The van der Waals surface area contributed by atoms with E-state index in [-0.39, 0.29) is 43.4 Å². The summed E-state index contributed by atoms with van der Waals surface area (Å²) in [7, 11) is 2.90. The summed E-state index contributed by atoms with van der Waals surface area (Å²) >= 11 is 0. The van der Waals surface area contributed by atoms with E-state index in [1.54, 1.807) is 0 Å². The van der Waals surface area contributed by atoms with Crippen molar-refractivity contribution in [2.24, 2.45) is 17.6 Å². The molecule has 6 N–H and O–H groups in total. The van der Waals surface area contributed by atoms with E-state index >= 15 is 4.39 Å². The van der Waals surface area contributed by atoms with Crippen LogP contribution < -0.4 is 5.73 Å². The Morgan fingerprint density at radius 3 is 2.46 bits per heavy atom. The predicted molar refractivity (Wildman–Crippen MR) is 134 cm³/mol. The van der Waals surface area contributed by atoms with Crippen LogP contribution in [0.5, 0.6) is 5.75 Å². The second kappa shape index (κ2) is 9.53. The number of aliphatic hydroxyl groups is 3. The summed E-state index contributed by atoms with van der Waals surface area (Å²) in [6, 6.07) is -2.18. The van der Waals surface area contributed by atoms with E-state index < -0.39 is 99.5 Å². The maximum atomic E-state index is 15.9. The lowest BCUT2D eigenvalue weighted by atomic mass is 9.57. The average Bonchev–Trinajstić information content (AvgIpc) is 3.33. The standard InChI is InChI=1S/C27H29F4N3O7/c1-33(2)20-13-7-10-6-12-17(14(35)8-11(19(12)28)9-34-5-3-4-15(34)27(29,30)31)21(36)16(10)23(38)26(13,41)24(39)18(22(20)37)25(32)40/h8,10,13,15,20,35-36,39,41H,3-7,9H2,1-2H3,(H2,32,40)/t10-,13-,15-,20-,26-/m0/s1. The van der Waals surface area contributed by atoms with Gasteiger partial charge in [-0.3, -0.25) is 24.2 Å². The van der Waals surface area contributed by atoms with Gasteiger partial charge in [-0.1, -0.05) is 0 Å². The van der Waals surface area contributed by atoms with Gasteiger partial charge in [-0.15, -0.1) is 0 Å². The maximum Gasteiger partial charge on any atom is 0.404 e. The average molecular weight is 584 g/mol. The van der Waals surface area contributed by atoms with Gasteiger partial charge in [0, 0.05) is 29.2 Å². The molecule has 3 aliphatic carbocycles. The first-order chi connectivity index (χ1) is 19.0. The van der Waals surface area contributed by atoms with Gasteiger partial charge >= 0.3 is 6.18 Å². The lowest BCUT2D eigenvalue weighted by molar-refractivity contribution is -0.177. The number of phenolic OH excluding ortho intramolecular Hbond substituents is 1. The smallest absolute Gasteiger partial charge is 0.404 e. The number of likely N-dealkylation sites (tertiary alicyclic amines) is 1. The SMILES string of the molecule is CN(C)[C@@H]1C(=O)C(C(N)=O)=C(O)[C@@]2(O)C(=O)C3=C(O)c4c(O)cc(CN5CCC[C@H]5C(F)(F)F)c(F)c4C[C@H]3C[C@@H]12. The fraction of sp³-hybridized carbons (Fsp3) is 0.519. The summed E-state index contributed by atoms with van der Waals surface area (Å²) in [4.78, 5) is 41.3. The zero-order valence-corrected chi connectivity index (χ0v) is 22.1. The van der Waals surface area contributed by atoms with E-state index in [0.717, 1.165) is 11.0 Å². The van der Waals surface area contributed by atoms with Gasteiger partial charge in [0.1, 0.15) is 34.7 Å². The quantitative estimate of drug-likeness (QED) is 0.262. The minimum Gasteiger partial charge on any atom is -0.508 e. The molecule has 14 heteroatoms. The third kappa shape index (κ3) is 4.14. The molecule has 1 aromatic carbocycles. The van der Waals surface area contributed by atoms with E-state index in [9.17, 15) is 48.0 Å². The highest BCUT2D eigenvalue weighted by molar-refractivity contribution is 6.24. The number of hydrogen-bond acceptors (Lipinski definition) is 9. The Morgan fingerprint density at radius 1 is 1.22 bits per heavy atom. The number of aliphatic hydroxyl groups excluding tert-OH is 2. The normalized spacial score (nSPS) is 30.5. The molecule has 1 saturated carbocycles. The Balaban J connectivity index is 1.62.